The van der Waals surface area contributed by atoms with E-state index < -0.39 is 21.4 Å². The molecule has 0 N–H and O–H groups in total. The van der Waals surface area contributed by atoms with Crippen LogP contribution in [0, 0.1) is 0 Å². The van der Waals surface area contributed by atoms with Gasteiger partial charge in [-0.3, -0.25) is 0 Å². The molecule has 0 aliphatic heterocycles. The Balaban J connectivity index is 2.76. The molecular formula is C17H27F3O3Si. The Morgan fingerprint density at radius 1 is 0.875 bits per heavy atom. The summed E-state index contributed by atoms with van der Waals surface area (Å²) in [7, 11) is -3.04. The van der Waals surface area contributed by atoms with Crippen molar-refractivity contribution in [1.29, 1.82) is 0 Å². The largest absolute Gasteiger partial charge is 0.505 e. The van der Waals surface area contributed by atoms with Gasteiger partial charge in [0.25, 0.3) is 0 Å². The number of hydrogen-bond donors (Lipinski definition) is 0. The number of hydrogen-bond acceptors (Lipinski definition) is 3. The quantitative estimate of drug-likeness (QED) is 0.389. The summed E-state index contributed by atoms with van der Waals surface area (Å²) >= 11 is 0. The third-order valence-corrected chi connectivity index (χ3v) is 6.02. The Hall–Kier alpha value is -0.893. The maximum absolute atomic E-state index is 12.3. The molecule has 0 heterocycles. The van der Waals surface area contributed by atoms with Crippen LogP contribution in [0.4, 0.5) is 13.2 Å². The van der Waals surface area contributed by atoms with Gasteiger partial charge in [0.2, 0.25) is 0 Å². The van der Waals surface area contributed by atoms with E-state index in [0.717, 1.165) is 18.4 Å². The second kappa shape index (κ2) is 10.9. The lowest BCUT2D eigenvalue weighted by Gasteiger charge is -2.30. The van der Waals surface area contributed by atoms with Crippen molar-refractivity contribution < 1.29 is 26.4 Å². The molecule has 0 aromatic heterocycles. The number of benzene rings is 1. The third-order valence-electron chi connectivity index (χ3n) is 3.24. The van der Waals surface area contributed by atoms with Crippen molar-refractivity contribution >= 4 is 8.80 Å². The molecule has 0 saturated heterocycles. The highest BCUT2D eigenvalue weighted by atomic mass is 28.4. The lowest BCUT2D eigenvalue weighted by Crippen LogP contribution is -2.49. The minimum atomic E-state index is -4.17. The first-order valence-electron chi connectivity index (χ1n) is 8.43. The Morgan fingerprint density at radius 3 is 1.92 bits per heavy atom. The molecule has 1 rings (SSSR count). The van der Waals surface area contributed by atoms with Crippen molar-refractivity contribution in [3.63, 3.8) is 0 Å². The molecule has 0 spiro atoms. The van der Waals surface area contributed by atoms with E-state index in [2.05, 4.69) is 0 Å². The average molecular weight is 364 g/mol. The molecule has 0 saturated carbocycles. The summed E-state index contributed by atoms with van der Waals surface area (Å²) in [5.74, 6) is 0. The van der Waals surface area contributed by atoms with Crippen LogP contribution in [0.5, 0.6) is 0 Å². The molecule has 0 aliphatic rings. The predicted molar refractivity (Wildman–Crippen MR) is 89.6 cm³/mol. The smallest absolute Gasteiger partial charge is 0.373 e. The van der Waals surface area contributed by atoms with Gasteiger partial charge in [0, 0.05) is 32.3 Å². The molecule has 138 valence electrons. The van der Waals surface area contributed by atoms with Crippen molar-refractivity contribution in [3.05, 3.63) is 35.9 Å². The highest BCUT2D eigenvalue weighted by Crippen LogP contribution is 2.23. The van der Waals surface area contributed by atoms with Crippen molar-refractivity contribution in [2.75, 3.05) is 19.8 Å². The second-order valence-electron chi connectivity index (χ2n) is 5.61. The maximum Gasteiger partial charge on any atom is 0.505 e. The molecule has 0 unspecified atom stereocenters. The van der Waals surface area contributed by atoms with Crippen LogP contribution in [-0.4, -0.2) is 34.8 Å². The Morgan fingerprint density at radius 2 is 1.42 bits per heavy atom. The van der Waals surface area contributed by atoms with Gasteiger partial charge in [0.15, 0.2) is 0 Å². The molecule has 0 atom stereocenters. The van der Waals surface area contributed by atoms with E-state index in [0.29, 0.717) is 19.3 Å². The van der Waals surface area contributed by atoms with Crippen LogP contribution in [0.25, 0.3) is 0 Å². The molecule has 1 aromatic rings. The first-order valence-corrected chi connectivity index (χ1v) is 10.4. The van der Waals surface area contributed by atoms with Crippen LogP contribution in [0.1, 0.15) is 45.1 Å². The summed E-state index contributed by atoms with van der Waals surface area (Å²) in [5, 5.41) is 0. The first-order chi connectivity index (χ1) is 11.4. The summed E-state index contributed by atoms with van der Waals surface area (Å²) in [4.78, 5) is 0. The van der Waals surface area contributed by atoms with Gasteiger partial charge in [-0.2, -0.15) is 13.2 Å². The van der Waals surface area contributed by atoms with Gasteiger partial charge in [-0.15, -0.1) is 0 Å². The van der Waals surface area contributed by atoms with Crippen LogP contribution in [0.15, 0.2) is 30.3 Å². The normalized spacial score (nSPS) is 12.5. The molecule has 0 fully saturated rings. The molecule has 0 radical (unpaired) electrons. The molecule has 0 bridgehead atoms. The van der Waals surface area contributed by atoms with E-state index in [1.54, 1.807) is 0 Å². The number of rotatable bonds is 12. The Bertz CT molecular complexity index is 432. The minimum Gasteiger partial charge on any atom is -0.373 e. The molecule has 7 heteroatoms. The van der Waals surface area contributed by atoms with Gasteiger partial charge < -0.3 is 13.3 Å². The van der Waals surface area contributed by atoms with Gasteiger partial charge in [-0.1, -0.05) is 44.2 Å². The zero-order valence-corrected chi connectivity index (χ0v) is 15.4. The van der Waals surface area contributed by atoms with Gasteiger partial charge in [-0.25, -0.2) is 0 Å². The second-order valence-corrected chi connectivity index (χ2v) is 8.20. The Labute approximate surface area is 143 Å². The summed E-state index contributed by atoms with van der Waals surface area (Å²) in [6.07, 6.45) is -3.51. The highest BCUT2D eigenvalue weighted by Gasteiger charge is 2.41. The van der Waals surface area contributed by atoms with E-state index in [4.69, 9.17) is 13.3 Å². The zero-order valence-electron chi connectivity index (χ0n) is 14.4. The molecule has 3 nitrogen and oxygen atoms in total. The van der Waals surface area contributed by atoms with Crippen molar-refractivity contribution in [3.8, 4) is 0 Å². The summed E-state index contributed by atoms with van der Waals surface area (Å²) < 4.78 is 54.7. The van der Waals surface area contributed by atoms with E-state index >= 15 is 0 Å². The van der Waals surface area contributed by atoms with E-state index in [-0.39, 0.29) is 13.0 Å². The molecule has 24 heavy (non-hydrogen) atoms. The fraction of sp³-hybridized carbons (Fsp3) is 0.647. The fourth-order valence-corrected chi connectivity index (χ4v) is 4.92. The van der Waals surface area contributed by atoms with E-state index in [9.17, 15) is 13.2 Å². The average Bonchev–Trinajstić information content (AvgIpc) is 2.55. The lowest BCUT2D eigenvalue weighted by molar-refractivity contribution is -0.137. The topological polar surface area (TPSA) is 27.7 Å². The molecule has 0 amide bonds. The van der Waals surface area contributed by atoms with Crippen LogP contribution in [0.2, 0.25) is 0 Å². The molecule has 1 aromatic carbocycles. The van der Waals surface area contributed by atoms with Crippen LogP contribution in [-0.2, 0) is 19.3 Å². The molecule has 0 aliphatic carbocycles. The van der Waals surface area contributed by atoms with Crippen molar-refractivity contribution in [2.24, 2.45) is 0 Å². The van der Waals surface area contributed by atoms with Crippen LogP contribution < -0.4 is 0 Å². The minimum absolute atomic E-state index is 0.00794. The lowest BCUT2D eigenvalue weighted by atomic mass is 10.2. The highest BCUT2D eigenvalue weighted by molar-refractivity contribution is 6.60. The van der Waals surface area contributed by atoms with Gasteiger partial charge in [0.05, 0.1) is 0 Å². The summed E-state index contributed by atoms with van der Waals surface area (Å²) in [5.41, 5.74) is 1.01. The summed E-state index contributed by atoms with van der Waals surface area (Å²) in [6.45, 7) is 4.90. The van der Waals surface area contributed by atoms with E-state index in [1.165, 1.54) is 0 Å². The number of alkyl halides is 3. The maximum atomic E-state index is 12.3. The van der Waals surface area contributed by atoms with Gasteiger partial charge in [0.1, 0.15) is 0 Å². The van der Waals surface area contributed by atoms with Gasteiger partial charge >= 0.3 is 15.0 Å². The van der Waals surface area contributed by atoms with Gasteiger partial charge in [-0.05, 0) is 24.8 Å². The SMILES string of the molecule is CCCO[Si](Cc1ccccc1)(OCCC)OCCCC(F)(F)F. The monoisotopic (exact) mass is 364 g/mol. The number of halogens is 3. The first kappa shape index (κ1) is 21.2. The van der Waals surface area contributed by atoms with E-state index in [1.807, 2.05) is 44.2 Å². The van der Waals surface area contributed by atoms with Crippen LogP contribution >= 0.6 is 0 Å². The Kier molecular flexibility index (Phi) is 9.58. The fourth-order valence-electron chi connectivity index (χ4n) is 2.14. The standard InChI is InChI=1S/C17H27F3O3Si/c1-3-12-21-24(22-13-4-2,15-16-9-6-5-7-10-16)23-14-8-11-17(18,19)20/h5-7,9-10H,3-4,8,11-15H2,1-2H3. The predicted octanol–water partition coefficient (Wildman–Crippen LogP) is 4.92. The third kappa shape index (κ3) is 8.82. The molecular weight excluding hydrogens is 337 g/mol. The van der Waals surface area contributed by atoms with Crippen LogP contribution in [0.3, 0.4) is 0 Å². The van der Waals surface area contributed by atoms with Crippen molar-refractivity contribution in [1.82, 2.24) is 0 Å². The van der Waals surface area contributed by atoms with Crippen molar-refractivity contribution in [2.45, 2.75) is 51.8 Å². The zero-order chi connectivity index (χ0) is 17.9. The summed E-state index contributed by atoms with van der Waals surface area (Å²) in [6, 6.07) is 10.1.